The van der Waals surface area contributed by atoms with Gasteiger partial charge in [0.05, 0.1) is 22.8 Å². The molecule has 0 saturated heterocycles. The Hall–Kier alpha value is -2.23. The van der Waals surface area contributed by atoms with Gasteiger partial charge in [-0.15, -0.1) is 0 Å². The van der Waals surface area contributed by atoms with Crippen LogP contribution in [0.5, 0.6) is 0 Å². The van der Waals surface area contributed by atoms with Crippen LogP contribution in [0.15, 0.2) is 33.3 Å². The first-order chi connectivity index (χ1) is 13.4. The average molecular weight is 482 g/mol. The van der Waals surface area contributed by atoms with E-state index in [1.807, 2.05) is 0 Å². The zero-order chi connectivity index (χ0) is 19.8. The Labute approximate surface area is 177 Å². The lowest BCUT2D eigenvalue weighted by molar-refractivity contribution is 0.0736. The normalized spacial score (nSPS) is 13.3. The van der Waals surface area contributed by atoms with Gasteiger partial charge in [0, 0.05) is 28.4 Å². The van der Waals surface area contributed by atoms with Crippen molar-refractivity contribution in [1.82, 2.24) is 15.0 Å². The van der Waals surface area contributed by atoms with Crippen molar-refractivity contribution < 1.29 is 14.1 Å². The van der Waals surface area contributed by atoms with Gasteiger partial charge in [-0.05, 0) is 25.1 Å². The fourth-order valence-electron chi connectivity index (χ4n) is 2.89. The first-order valence-corrected chi connectivity index (χ1v) is 10.4. The minimum Gasteiger partial charge on any atom is -0.361 e. The second kappa shape index (κ2) is 7.65. The molecule has 0 fully saturated rings. The van der Waals surface area contributed by atoms with Crippen LogP contribution in [-0.2, 0) is 13.0 Å². The summed E-state index contributed by atoms with van der Waals surface area (Å²) in [7, 11) is 0. The first-order valence-electron chi connectivity index (χ1n) is 8.38. The Morgan fingerprint density at radius 2 is 2.18 bits per heavy atom. The number of anilines is 1. The molecule has 1 N–H and O–H groups in total. The molecule has 1 aliphatic rings. The molecule has 28 heavy (non-hydrogen) atoms. The van der Waals surface area contributed by atoms with Gasteiger partial charge in [-0.25, -0.2) is 4.98 Å². The molecule has 0 bridgehead atoms. The summed E-state index contributed by atoms with van der Waals surface area (Å²) < 4.78 is 5.71. The smallest absolute Gasteiger partial charge is 0.279 e. The van der Waals surface area contributed by atoms with E-state index in [1.165, 1.54) is 11.3 Å². The van der Waals surface area contributed by atoms with Crippen LogP contribution >= 0.6 is 38.9 Å². The summed E-state index contributed by atoms with van der Waals surface area (Å²) in [6.45, 7) is 2.68. The van der Waals surface area contributed by atoms with Gasteiger partial charge in [0.2, 0.25) is 0 Å². The van der Waals surface area contributed by atoms with Crippen LogP contribution in [0.2, 0.25) is 5.02 Å². The van der Waals surface area contributed by atoms with Crippen LogP contribution in [0.3, 0.4) is 0 Å². The van der Waals surface area contributed by atoms with Gasteiger partial charge in [0.15, 0.2) is 10.8 Å². The molecule has 7 nitrogen and oxygen atoms in total. The Kier molecular flexibility index (Phi) is 5.22. The molecular formula is C18H14BrClN4O3S. The summed E-state index contributed by atoms with van der Waals surface area (Å²) in [6.07, 6.45) is 0.613. The molecule has 0 saturated carbocycles. The van der Waals surface area contributed by atoms with Crippen molar-refractivity contribution in [3.8, 4) is 0 Å². The lowest BCUT2D eigenvalue weighted by Gasteiger charge is -2.26. The zero-order valence-corrected chi connectivity index (χ0v) is 17.8. The van der Waals surface area contributed by atoms with Crippen LogP contribution < -0.4 is 5.32 Å². The van der Waals surface area contributed by atoms with E-state index in [2.05, 4.69) is 31.4 Å². The summed E-state index contributed by atoms with van der Waals surface area (Å²) >= 11 is 10.9. The summed E-state index contributed by atoms with van der Waals surface area (Å²) in [5.74, 6) is 0.0507. The van der Waals surface area contributed by atoms with Crippen LogP contribution in [0.4, 0.5) is 5.13 Å². The topological polar surface area (TPSA) is 88.3 Å². The number of fused-ring (bicyclic) bond motifs is 1. The van der Waals surface area contributed by atoms with Crippen molar-refractivity contribution >= 4 is 55.8 Å². The molecule has 3 heterocycles. The maximum absolute atomic E-state index is 12.9. The lowest BCUT2D eigenvalue weighted by Crippen LogP contribution is -2.35. The molecule has 0 aliphatic carbocycles. The minimum absolute atomic E-state index is 0.131. The fraction of sp³-hybridized carbons (Fsp3) is 0.222. The number of halogens is 2. The van der Waals surface area contributed by atoms with Gasteiger partial charge in [-0.2, -0.15) is 0 Å². The highest BCUT2D eigenvalue weighted by atomic mass is 79.9. The molecule has 1 aromatic carbocycles. The lowest BCUT2D eigenvalue weighted by atomic mass is 10.1. The number of thiazole rings is 1. The van der Waals surface area contributed by atoms with Crippen LogP contribution in [0.1, 0.15) is 37.2 Å². The molecule has 144 valence electrons. The van der Waals surface area contributed by atoms with E-state index in [9.17, 15) is 9.59 Å². The third kappa shape index (κ3) is 3.82. The number of aryl methyl sites for hydroxylation is 1. The van der Waals surface area contributed by atoms with E-state index in [0.717, 1.165) is 15.0 Å². The number of carbonyl (C=O) groups is 2. The largest absolute Gasteiger partial charge is 0.361 e. The standard InChI is InChI=1S/C18H14BrClN4O3S/c1-9-6-14(23-27-9)16(25)22-18-21-13-4-5-24(8-15(13)28-18)17(26)11-7-10(19)2-3-12(11)20/h2-3,6-7H,4-5,8H2,1H3,(H,21,22,25). The molecule has 0 spiro atoms. The summed E-state index contributed by atoms with van der Waals surface area (Å²) in [5.41, 5.74) is 1.55. The quantitative estimate of drug-likeness (QED) is 0.602. The van der Waals surface area contributed by atoms with E-state index in [4.69, 9.17) is 16.1 Å². The van der Waals surface area contributed by atoms with Gasteiger partial charge in [0.1, 0.15) is 5.76 Å². The predicted molar refractivity (Wildman–Crippen MR) is 109 cm³/mol. The molecule has 0 unspecified atom stereocenters. The first kappa shape index (κ1) is 19.1. The number of hydrogen-bond acceptors (Lipinski definition) is 6. The molecule has 10 heteroatoms. The number of nitrogens with one attached hydrogen (secondary N) is 1. The van der Waals surface area contributed by atoms with Gasteiger partial charge >= 0.3 is 0 Å². The van der Waals surface area contributed by atoms with Crippen molar-refractivity contribution in [2.24, 2.45) is 0 Å². The van der Waals surface area contributed by atoms with E-state index in [-0.39, 0.29) is 17.5 Å². The minimum atomic E-state index is -0.378. The van der Waals surface area contributed by atoms with Crippen LogP contribution in [0, 0.1) is 6.92 Å². The Balaban J connectivity index is 1.49. The number of rotatable bonds is 3. The van der Waals surface area contributed by atoms with Gasteiger partial charge in [-0.1, -0.05) is 44.0 Å². The van der Waals surface area contributed by atoms with E-state index < -0.39 is 0 Å². The Bertz CT molecular complexity index is 1080. The number of amides is 2. The second-order valence-corrected chi connectivity index (χ2v) is 8.67. The summed E-state index contributed by atoms with van der Waals surface area (Å²) in [5, 5.41) is 7.33. The van der Waals surface area contributed by atoms with Crippen molar-refractivity contribution in [2.45, 2.75) is 19.9 Å². The predicted octanol–water partition coefficient (Wildman–Crippen LogP) is 4.31. The fourth-order valence-corrected chi connectivity index (χ4v) is 4.47. The third-order valence-corrected chi connectivity index (χ3v) is 6.08. The SMILES string of the molecule is Cc1cc(C(=O)Nc2nc3c(s2)CN(C(=O)c2cc(Br)ccc2Cl)CC3)no1. The van der Waals surface area contributed by atoms with Gasteiger partial charge in [0.25, 0.3) is 11.8 Å². The summed E-state index contributed by atoms with van der Waals surface area (Å²) in [6, 6.07) is 6.77. The number of nitrogens with zero attached hydrogens (tertiary/aromatic N) is 3. The molecule has 2 aromatic heterocycles. The highest BCUT2D eigenvalue weighted by Gasteiger charge is 2.27. The third-order valence-electron chi connectivity index (χ3n) is 4.26. The number of hydrogen-bond donors (Lipinski definition) is 1. The molecule has 0 radical (unpaired) electrons. The maximum Gasteiger partial charge on any atom is 0.279 e. The number of carbonyl (C=O) groups excluding carboxylic acids is 2. The summed E-state index contributed by atoms with van der Waals surface area (Å²) in [4.78, 5) is 32.2. The van der Waals surface area contributed by atoms with Crippen molar-refractivity contribution in [2.75, 3.05) is 11.9 Å². The zero-order valence-electron chi connectivity index (χ0n) is 14.7. The van der Waals surface area contributed by atoms with Gasteiger partial charge in [-0.3, -0.25) is 14.9 Å². The van der Waals surface area contributed by atoms with Crippen LogP contribution in [0.25, 0.3) is 0 Å². The highest BCUT2D eigenvalue weighted by Crippen LogP contribution is 2.30. The van der Waals surface area contributed by atoms with Crippen LogP contribution in [-0.4, -0.2) is 33.4 Å². The van der Waals surface area contributed by atoms with E-state index in [0.29, 0.717) is 41.0 Å². The average Bonchev–Trinajstić information content (AvgIpc) is 3.28. The second-order valence-electron chi connectivity index (χ2n) is 6.27. The Morgan fingerprint density at radius 1 is 1.36 bits per heavy atom. The molecule has 0 atom stereocenters. The van der Waals surface area contributed by atoms with Crippen molar-refractivity contribution in [1.29, 1.82) is 0 Å². The molecular weight excluding hydrogens is 468 g/mol. The van der Waals surface area contributed by atoms with Crippen molar-refractivity contribution in [3.63, 3.8) is 0 Å². The van der Waals surface area contributed by atoms with E-state index in [1.54, 1.807) is 36.1 Å². The maximum atomic E-state index is 12.9. The Morgan fingerprint density at radius 3 is 2.93 bits per heavy atom. The van der Waals surface area contributed by atoms with E-state index >= 15 is 0 Å². The monoisotopic (exact) mass is 480 g/mol. The molecule has 2 amide bonds. The number of benzene rings is 1. The van der Waals surface area contributed by atoms with Crippen molar-refractivity contribution in [3.05, 3.63) is 61.3 Å². The molecule has 4 rings (SSSR count). The highest BCUT2D eigenvalue weighted by molar-refractivity contribution is 9.10. The molecule has 3 aromatic rings. The molecule has 1 aliphatic heterocycles. The van der Waals surface area contributed by atoms with Gasteiger partial charge < -0.3 is 9.42 Å². The number of aromatic nitrogens is 2.